The SMILES string of the molecule is CCCNC(=O)CCNC(=O)c1sc(-c2ccc(Cl)s2)nc1C. The molecule has 0 unspecified atom stereocenters. The van der Waals surface area contributed by atoms with E-state index in [0.29, 0.717) is 28.0 Å². The molecule has 0 saturated heterocycles. The maximum Gasteiger partial charge on any atom is 0.263 e. The number of thiazole rings is 1. The second kappa shape index (κ2) is 8.42. The number of aromatic nitrogens is 1. The fourth-order valence-corrected chi connectivity index (χ4v) is 3.94. The topological polar surface area (TPSA) is 71.1 Å². The molecule has 8 heteroatoms. The van der Waals surface area contributed by atoms with Gasteiger partial charge in [-0.15, -0.1) is 22.7 Å². The number of nitrogens with zero attached hydrogens (tertiary/aromatic N) is 1. The highest BCUT2D eigenvalue weighted by atomic mass is 35.5. The van der Waals surface area contributed by atoms with Crippen LogP contribution in [0.3, 0.4) is 0 Å². The highest BCUT2D eigenvalue weighted by Gasteiger charge is 2.17. The molecule has 0 spiro atoms. The number of nitrogens with one attached hydrogen (secondary N) is 2. The lowest BCUT2D eigenvalue weighted by Gasteiger charge is -2.05. The van der Waals surface area contributed by atoms with Gasteiger partial charge in [0.1, 0.15) is 9.88 Å². The molecule has 0 atom stereocenters. The van der Waals surface area contributed by atoms with Gasteiger partial charge >= 0.3 is 0 Å². The van der Waals surface area contributed by atoms with Crippen molar-refractivity contribution in [1.29, 1.82) is 0 Å². The van der Waals surface area contributed by atoms with Gasteiger partial charge in [-0.2, -0.15) is 0 Å². The van der Waals surface area contributed by atoms with Crippen molar-refractivity contribution in [2.75, 3.05) is 13.1 Å². The minimum absolute atomic E-state index is 0.0536. The lowest BCUT2D eigenvalue weighted by Crippen LogP contribution is -2.30. The summed E-state index contributed by atoms with van der Waals surface area (Å²) in [5.74, 6) is -0.251. The van der Waals surface area contributed by atoms with Gasteiger partial charge < -0.3 is 10.6 Å². The molecule has 0 bridgehead atoms. The zero-order valence-electron chi connectivity index (χ0n) is 12.9. The molecule has 0 aromatic carbocycles. The number of hydrogen-bond acceptors (Lipinski definition) is 5. The van der Waals surface area contributed by atoms with E-state index in [1.54, 1.807) is 6.92 Å². The molecule has 2 amide bonds. The lowest BCUT2D eigenvalue weighted by molar-refractivity contribution is -0.120. The summed E-state index contributed by atoms with van der Waals surface area (Å²) in [6.07, 6.45) is 1.17. The number of amides is 2. The average molecular weight is 372 g/mol. The Morgan fingerprint density at radius 3 is 2.65 bits per heavy atom. The number of halogens is 1. The van der Waals surface area contributed by atoms with E-state index >= 15 is 0 Å². The molecule has 0 aliphatic heterocycles. The molecule has 0 aliphatic carbocycles. The Morgan fingerprint density at radius 2 is 2.00 bits per heavy atom. The molecular weight excluding hydrogens is 354 g/mol. The summed E-state index contributed by atoms with van der Waals surface area (Å²) in [5, 5.41) is 6.32. The molecule has 2 rings (SSSR count). The highest BCUT2D eigenvalue weighted by Crippen LogP contribution is 2.34. The highest BCUT2D eigenvalue weighted by molar-refractivity contribution is 7.24. The van der Waals surface area contributed by atoms with Crippen LogP contribution in [0, 0.1) is 6.92 Å². The van der Waals surface area contributed by atoms with Crippen molar-refractivity contribution in [3.63, 3.8) is 0 Å². The van der Waals surface area contributed by atoms with Crippen LogP contribution in [-0.2, 0) is 4.79 Å². The molecule has 2 aromatic rings. The standard InChI is InChI=1S/C15H18ClN3O2S2/c1-3-7-17-12(20)6-8-18-14(21)13-9(2)19-15(23-13)10-4-5-11(16)22-10/h4-5H,3,6-8H2,1-2H3,(H,17,20)(H,18,21). The summed E-state index contributed by atoms with van der Waals surface area (Å²) in [6.45, 7) is 4.77. The summed E-state index contributed by atoms with van der Waals surface area (Å²) in [4.78, 5) is 29.7. The van der Waals surface area contributed by atoms with Crippen molar-refractivity contribution in [3.05, 3.63) is 27.0 Å². The zero-order valence-corrected chi connectivity index (χ0v) is 15.3. The van der Waals surface area contributed by atoms with Crippen molar-refractivity contribution >= 4 is 46.1 Å². The fraction of sp³-hybridized carbons (Fsp3) is 0.400. The molecular formula is C15H18ClN3O2S2. The summed E-state index contributed by atoms with van der Waals surface area (Å²) >= 11 is 8.70. The molecule has 2 heterocycles. The number of carbonyl (C=O) groups is 2. The van der Waals surface area contributed by atoms with Gasteiger partial charge in [-0.25, -0.2) is 4.98 Å². The van der Waals surface area contributed by atoms with E-state index in [4.69, 9.17) is 11.6 Å². The molecule has 2 aromatic heterocycles. The minimum atomic E-state index is -0.197. The number of aryl methyl sites for hydroxylation is 1. The molecule has 23 heavy (non-hydrogen) atoms. The molecule has 0 radical (unpaired) electrons. The Kier molecular flexibility index (Phi) is 6.56. The number of carbonyl (C=O) groups excluding carboxylic acids is 2. The molecule has 0 saturated carbocycles. The van der Waals surface area contributed by atoms with Gasteiger partial charge in [0, 0.05) is 19.5 Å². The second-order valence-corrected chi connectivity index (χ2v) is 7.61. The maximum absolute atomic E-state index is 12.2. The van der Waals surface area contributed by atoms with Gasteiger partial charge in [0.2, 0.25) is 5.91 Å². The first-order valence-corrected chi connectivity index (χ1v) is 9.30. The average Bonchev–Trinajstić information content (AvgIpc) is 3.11. The van der Waals surface area contributed by atoms with E-state index in [-0.39, 0.29) is 18.2 Å². The molecule has 124 valence electrons. The largest absolute Gasteiger partial charge is 0.356 e. The Hall–Kier alpha value is -1.44. The third-order valence-electron chi connectivity index (χ3n) is 3.00. The second-order valence-electron chi connectivity index (χ2n) is 4.89. The first kappa shape index (κ1) is 17.9. The van der Waals surface area contributed by atoms with Crippen LogP contribution in [0.25, 0.3) is 9.88 Å². The summed E-state index contributed by atoms with van der Waals surface area (Å²) < 4.78 is 0.692. The van der Waals surface area contributed by atoms with Crippen molar-refractivity contribution in [1.82, 2.24) is 15.6 Å². The van der Waals surface area contributed by atoms with Gasteiger partial charge in [-0.1, -0.05) is 18.5 Å². The molecule has 0 fully saturated rings. The Balaban J connectivity index is 1.92. The summed E-state index contributed by atoms with van der Waals surface area (Å²) in [5.41, 5.74) is 0.683. The predicted octanol–water partition coefficient (Wildman–Crippen LogP) is 3.48. The van der Waals surface area contributed by atoms with E-state index in [1.165, 1.54) is 22.7 Å². The van der Waals surface area contributed by atoms with Crippen molar-refractivity contribution < 1.29 is 9.59 Å². The Labute approximate surface area is 148 Å². The van der Waals surface area contributed by atoms with Gasteiger partial charge in [0.05, 0.1) is 14.9 Å². The van der Waals surface area contributed by atoms with Crippen molar-refractivity contribution in [3.8, 4) is 9.88 Å². The molecule has 5 nitrogen and oxygen atoms in total. The third kappa shape index (κ3) is 5.02. The van der Waals surface area contributed by atoms with Crippen LogP contribution in [0.2, 0.25) is 4.34 Å². The van der Waals surface area contributed by atoms with Gasteiger partial charge in [0.15, 0.2) is 0 Å². The van der Waals surface area contributed by atoms with E-state index in [0.717, 1.165) is 16.3 Å². The monoisotopic (exact) mass is 371 g/mol. The van der Waals surface area contributed by atoms with Crippen molar-refractivity contribution in [2.45, 2.75) is 26.7 Å². The Bertz CT molecular complexity index is 697. The van der Waals surface area contributed by atoms with E-state index in [9.17, 15) is 9.59 Å². The zero-order chi connectivity index (χ0) is 16.8. The maximum atomic E-state index is 12.2. The first-order chi connectivity index (χ1) is 11.0. The van der Waals surface area contributed by atoms with Crippen LogP contribution in [-0.4, -0.2) is 29.9 Å². The predicted molar refractivity (Wildman–Crippen MR) is 95.4 cm³/mol. The van der Waals surface area contributed by atoms with Crippen LogP contribution < -0.4 is 10.6 Å². The van der Waals surface area contributed by atoms with Crippen LogP contribution in [0.15, 0.2) is 12.1 Å². The quantitative estimate of drug-likeness (QED) is 0.782. The summed E-state index contributed by atoms with van der Waals surface area (Å²) in [6, 6.07) is 3.71. The smallest absolute Gasteiger partial charge is 0.263 e. The number of thiophene rings is 1. The van der Waals surface area contributed by atoms with E-state index in [2.05, 4.69) is 15.6 Å². The summed E-state index contributed by atoms with van der Waals surface area (Å²) in [7, 11) is 0. The number of hydrogen-bond donors (Lipinski definition) is 2. The van der Waals surface area contributed by atoms with E-state index in [1.807, 2.05) is 19.1 Å². The van der Waals surface area contributed by atoms with Crippen LogP contribution >= 0.6 is 34.3 Å². The normalized spacial score (nSPS) is 10.6. The van der Waals surface area contributed by atoms with Crippen LogP contribution in [0.4, 0.5) is 0 Å². The molecule has 0 aliphatic rings. The minimum Gasteiger partial charge on any atom is -0.356 e. The lowest BCUT2D eigenvalue weighted by atomic mass is 10.3. The first-order valence-electron chi connectivity index (χ1n) is 7.29. The van der Waals surface area contributed by atoms with Crippen LogP contribution in [0.5, 0.6) is 0 Å². The fourth-order valence-electron chi connectivity index (χ4n) is 1.86. The van der Waals surface area contributed by atoms with Crippen molar-refractivity contribution in [2.24, 2.45) is 0 Å². The Morgan fingerprint density at radius 1 is 1.22 bits per heavy atom. The van der Waals surface area contributed by atoms with Crippen LogP contribution in [0.1, 0.15) is 35.1 Å². The third-order valence-corrected chi connectivity index (χ3v) is 5.55. The van der Waals surface area contributed by atoms with Gasteiger partial charge in [-0.3, -0.25) is 9.59 Å². The number of rotatable bonds is 7. The van der Waals surface area contributed by atoms with Gasteiger partial charge in [-0.05, 0) is 25.5 Å². The van der Waals surface area contributed by atoms with Gasteiger partial charge in [0.25, 0.3) is 5.91 Å². The molecule has 2 N–H and O–H groups in total. The van der Waals surface area contributed by atoms with E-state index < -0.39 is 0 Å².